The van der Waals surface area contributed by atoms with Crippen LogP contribution < -0.4 is 10.1 Å². The van der Waals surface area contributed by atoms with Gasteiger partial charge in [-0.3, -0.25) is 4.79 Å². The number of benzene rings is 1. The smallest absolute Gasteiger partial charge is 0.341 e. The van der Waals surface area contributed by atoms with Crippen LogP contribution in [0.4, 0.5) is 5.00 Å². The quantitative estimate of drug-likeness (QED) is 0.752. The van der Waals surface area contributed by atoms with Gasteiger partial charge in [-0.05, 0) is 55.7 Å². The van der Waals surface area contributed by atoms with E-state index < -0.39 is 6.10 Å². The van der Waals surface area contributed by atoms with Gasteiger partial charge in [0.1, 0.15) is 10.8 Å². The number of hydrogen-bond acceptors (Lipinski definition) is 5. The van der Waals surface area contributed by atoms with Crippen LogP contribution in [0.15, 0.2) is 35.7 Å². The Labute approximate surface area is 151 Å². The molecule has 1 aromatic carbocycles. The van der Waals surface area contributed by atoms with Gasteiger partial charge in [-0.25, -0.2) is 4.79 Å². The lowest BCUT2D eigenvalue weighted by Crippen LogP contribution is -2.30. The molecule has 1 fully saturated rings. The van der Waals surface area contributed by atoms with Crippen molar-refractivity contribution in [1.29, 1.82) is 0 Å². The van der Waals surface area contributed by atoms with Gasteiger partial charge >= 0.3 is 5.97 Å². The number of esters is 1. The standard InChI is InChI=1S/C19H21NO4S/c1-3-23-19(22)16-15(13-9-10-13)11-25-18(16)20-17(21)12(2)24-14-7-5-4-6-8-14/h4-8,11-13H,3,9-10H2,1-2H3,(H,20,21). The Morgan fingerprint density at radius 2 is 2.00 bits per heavy atom. The second kappa shape index (κ2) is 7.70. The molecule has 6 heteroatoms. The Morgan fingerprint density at radius 1 is 1.28 bits per heavy atom. The van der Waals surface area contributed by atoms with Crippen molar-refractivity contribution in [3.63, 3.8) is 0 Å². The highest BCUT2D eigenvalue weighted by atomic mass is 32.1. The average molecular weight is 359 g/mol. The highest BCUT2D eigenvalue weighted by molar-refractivity contribution is 7.15. The number of hydrogen-bond donors (Lipinski definition) is 1. The molecule has 1 aliphatic carbocycles. The van der Waals surface area contributed by atoms with Crippen molar-refractivity contribution in [2.45, 2.75) is 38.7 Å². The largest absolute Gasteiger partial charge is 0.481 e. The van der Waals surface area contributed by atoms with Crippen LogP contribution in [0.1, 0.15) is 48.5 Å². The van der Waals surface area contributed by atoms with Crippen LogP contribution in [0, 0.1) is 0 Å². The van der Waals surface area contributed by atoms with Crippen LogP contribution in [-0.4, -0.2) is 24.6 Å². The zero-order valence-corrected chi connectivity index (χ0v) is 15.1. The van der Waals surface area contributed by atoms with Crippen LogP contribution in [-0.2, 0) is 9.53 Å². The first-order valence-electron chi connectivity index (χ1n) is 8.41. The summed E-state index contributed by atoms with van der Waals surface area (Å²) in [6.07, 6.45) is 1.47. The third-order valence-corrected chi connectivity index (χ3v) is 4.89. The van der Waals surface area contributed by atoms with Gasteiger partial charge in [0.05, 0.1) is 12.2 Å². The van der Waals surface area contributed by atoms with Crippen LogP contribution in [0.25, 0.3) is 0 Å². The summed E-state index contributed by atoms with van der Waals surface area (Å²) < 4.78 is 10.8. The third-order valence-electron chi connectivity index (χ3n) is 3.98. The number of para-hydroxylation sites is 1. The minimum atomic E-state index is -0.677. The number of carbonyl (C=O) groups is 2. The summed E-state index contributed by atoms with van der Waals surface area (Å²) in [5, 5.41) is 5.31. The fraction of sp³-hybridized carbons (Fsp3) is 0.368. The first-order valence-corrected chi connectivity index (χ1v) is 9.29. The highest BCUT2D eigenvalue weighted by Gasteiger charge is 2.32. The summed E-state index contributed by atoms with van der Waals surface area (Å²) in [6, 6.07) is 9.17. The van der Waals surface area contributed by atoms with Gasteiger partial charge in [-0.2, -0.15) is 0 Å². The van der Waals surface area contributed by atoms with E-state index in [1.807, 2.05) is 23.6 Å². The molecule has 0 spiro atoms. The molecule has 3 rings (SSSR count). The SMILES string of the molecule is CCOC(=O)c1c(C2CC2)csc1NC(=O)C(C)Oc1ccccc1. The zero-order valence-electron chi connectivity index (χ0n) is 14.3. The van der Waals surface area contributed by atoms with E-state index in [4.69, 9.17) is 9.47 Å². The van der Waals surface area contributed by atoms with Crippen molar-refractivity contribution >= 4 is 28.2 Å². The van der Waals surface area contributed by atoms with Gasteiger partial charge in [-0.1, -0.05) is 18.2 Å². The van der Waals surface area contributed by atoms with Gasteiger partial charge in [0, 0.05) is 0 Å². The molecule has 25 heavy (non-hydrogen) atoms. The predicted molar refractivity (Wildman–Crippen MR) is 97.4 cm³/mol. The summed E-state index contributed by atoms with van der Waals surface area (Å²) >= 11 is 1.36. The number of ether oxygens (including phenoxy) is 2. The third kappa shape index (κ3) is 4.20. The molecule has 0 aliphatic heterocycles. The van der Waals surface area contributed by atoms with Crippen molar-refractivity contribution in [1.82, 2.24) is 0 Å². The summed E-state index contributed by atoms with van der Waals surface area (Å²) in [6.45, 7) is 3.76. The Balaban J connectivity index is 1.73. The number of carbonyl (C=O) groups excluding carboxylic acids is 2. The lowest BCUT2D eigenvalue weighted by molar-refractivity contribution is -0.122. The maximum atomic E-state index is 12.5. The Kier molecular flexibility index (Phi) is 5.38. The summed E-state index contributed by atoms with van der Waals surface area (Å²) in [4.78, 5) is 24.8. The Hall–Kier alpha value is -2.34. The maximum absolute atomic E-state index is 12.5. The minimum absolute atomic E-state index is 0.293. The van der Waals surface area contributed by atoms with Gasteiger partial charge in [-0.15, -0.1) is 11.3 Å². The van der Waals surface area contributed by atoms with E-state index >= 15 is 0 Å². The van der Waals surface area contributed by atoms with Crippen molar-refractivity contribution in [3.8, 4) is 5.75 Å². The van der Waals surface area contributed by atoms with E-state index in [1.165, 1.54) is 11.3 Å². The van der Waals surface area contributed by atoms with Crippen LogP contribution in [0.3, 0.4) is 0 Å². The molecule has 1 unspecified atom stereocenters. The Morgan fingerprint density at radius 3 is 2.64 bits per heavy atom. The second-order valence-corrected chi connectivity index (χ2v) is 6.83. The molecule has 1 heterocycles. The number of nitrogens with one attached hydrogen (secondary N) is 1. The molecule has 132 valence electrons. The fourth-order valence-electron chi connectivity index (χ4n) is 2.54. The number of rotatable bonds is 7. The van der Waals surface area contributed by atoms with Gasteiger partial charge in [0.25, 0.3) is 5.91 Å². The predicted octanol–water partition coefficient (Wildman–Crippen LogP) is 4.21. The molecule has 5 nitrogen and oxygen atoms in total. The molecule has 0 radical (unpaired) electrons. The zero-order chi connectivity index (χ0) is 17.8. The van der Waals surface area contributed by atoms with E-state index in [0.717, 1.165) is 18.4 Å². The lowest BCUT2D eigenvalue weighted by atomic mass is 10.1. The van der Waals surface area contributed by atoms with E-state index in [2.05, 4.69) is 5.32 Å². The first-order chi connectivity index (χ1) is 12.1. The molecule has 1 N–H and O–H groups in total. The molecule has 1 atom stereocenters. The molecular weight excluding hydrogens is 338 g/mol. The lowest BCUT2D eigenvalue weighted by Gasteiger charge is -2.15. The summed E-state index contributed by atoms with van der Waals surface area (Å²) in [7, 11) is 0. The number of amides is 1. The molecular formula is C19H21NO4S. The molecule has 1 aliphatic rings. The second-order valence-electron chi connectivity index (χ2n) is 5.95. The number of anilines is 1. The molecule has 2 aromatic rings. The van der Waals surface area contributed by atoms with Crippen molar-refractivity contribution < 1.29 is 19.1 Å². The molecule has 0 bridgehead atoms. The first kappa shape index (κ1) is 17.5. The molecule has 1 amide bonds. The van der Waals surface area contributed by atoms with Crippen LogP contribution in [0.5, 0.6) is 5.75 Å². The van der Waals surface area contributed by atoms with E-state index in [1.54, 1.807) is 26.0 Å². The monoisotopic (exact) mass is 359 g/mol. The minimum Gasteiger partial charge on any atom is -0.481 e. The molecule has 1 saturated carbocycles. The number of thiophene rings is 1. The fourth-order valence-corrected chi connectivity index (χ4v) is 3.58. The van der Waals surface area contributed by atoms with Crippen LogP contribution in [0.2, 0.25) is 0 Å². The van der Waals surface area contributed by atoms with Crippen molar-refractivity contribution in [2.24, 2.45) is 0 Å². The average Bonchev–Trinajstić information content (AvgIpc) is 3.36. The van der Waals surface area contributed by atoms with Crippen LogP contribution >= 0.6 is 11.3 Å². The maximum Gasteiger partial charge on any atom is 0.341 e. The Bertz CT molecular complexity index is 752. The normalized spacial score (nSPS) is 14.6. The van der Waals surface area contributed by atoms with Gasteiger partial charge < -0.3 is 14.8 Å². The highest BCUT2D eigenvalue weighted by Crippen LogP contribution is 2.46. The van der Waals surface area contributed by atoms with Gasteiger partial charge in [0.15, 0.2) is 6.10 Å². The van der Waals surface area contributed by atoms with E-state index in [9.17, 15) is 9.59 Å². The topological polar surface area (TPSA) is 64.6 Å². The molecule has 1 aromatic heterocycles. The van der Waals surface area contributed by atoms with Crippen molar-refractivity contribution in [2.75, 3.05) is 11.9 Å². The van der Waals surface area contributed by atoms with E-state index in [-0.39, 0.29) is 11.9 Å². The van der Waals surface area contributed by atoms with E-state index in [0.29, 0.717) is 28.8 Å². The summed E-state index contributed by atoms with van der Waals surface area (Å²) in [5.41, 5.74) is 1.48. The van der Waals surface area contributed by atoms with Gasteiger partial charge in [0.2, 0.25) is 0 Å². The summed E-state index contributed by atoms with van der Waals surface area (Å²) in [5.74, 6) is 0.357. The van der Waals surface area contributed by atoms with Crippen molar-refractivity contribution in [3.05, 3.63) is 46.8 Å². The molecule has 0 saturated heterocycles.